The van der Waals surface area contributed by atoms with Crippen molar-refractivity contribution in [3.63, 3.8) is 0 Å². The molecule has 1 aromatic carbocycles. The number of carbonyl (C=O) groups excluding carboxylic acids is 2. The number of hydrogen-bond acceptors (Lipinski definition) is 4. The van der Waals surface area contributed by atoms with Gasteiger partial charge in [-0.3, -0.25) is 9.59 Å². The number of ether oxygens (including phenoxy) is 1. The van der Waals surface area contributed by atoms with Crippen molar-refractivity contribution >= 4 is 17.5 Å². The number of piperidine rings is 1. The minimum atomic E-state index is -0.320. The summed E-state index contributed by atoms with van der Waals surface area (Å²) in [7, 11) is 1.59. The Morgan fingerprint density at radius 3 is 2.57 bits per heavy atom. The summed E-state index contributed by atoms with van der Waals surface area (Å²) in [5.74, 6) is 1.67. The molecule has 0 spiro atoms. The van der Waals surface area contributed by atoms with Crippen molar-refractivity contribution in [2.75, 3.05) is 38.2 Å². The summed E-state index contributed by atoms with van der Waals surface area (Å²) < 4.78 is 5.37. The number of benzene rings is 1. The highest BCUT2D eigenvalue weighted by Gasteiger charge is 2.36. The highest BCUT2D eigenvalue weighted by atomic mass is 16.5. The molecule has 4 unspecified atom stereocenters. The van der Waals surface area contributed by atoms with Gasteiger partial charge in [-0.15, -0.1) is 0 Å². The van der Waals surface area contributed by atoms with E-state index in [4.69, 9.17) is 4.74 Å². The summed E-state index contributed by atoms with van der Waals surface area (Å²) in [6.45, 7) is 10.1. The second-order valence-corrected chi connectivity index (χ2v) is 8.65. The second kappa shape index (κ2) is 8.95. The Bertz CT molecular complexity index is 698. The van der Waals surface area contributed by atoms with E-state index in [0.29, 0.717) is 24.1 Å². The van der Waals surface area contributed by atoms with Crippen molar-refractivity contribution in [3.05, 3.63) is 24.3 Å². The number of hydrogen-bond donors (Lipinski definition) is 1. The summed E-state index contributed by atoms with van der Waals surface area (Å²) in [5.41, 5.74) is 0.731. The first-order valence-corrected chi connectivity index (χ1v) is 10.3. The van der Waals surface area contributed by atoms with Crippen LogP contribution in [0.4, 0.5) is 5.69 Å². The standard InChI is InChI=1S/C22H33N3O3/c1-15-9-16(2)12-24(11-15)13-17(3)23-22(27)18-10-21(26)25(14-18)19-7-5-6-8-20(19)28-4/h5-8,15-18H,9-14H2,1-4H3,(H,23,27). The normalized spacial score (nSPS) is 26.9. The topological polar surface area (TPSA) is 61.9 Å². The van der Waals surface area contributed by atoms with E-state index in [1.807, 2.05) is 24.3 Å². The molecule has 4 atom stereocenters. The number of amides is 2. The predicted octanol–water partition coefficient (Wildman–Crippen LogP) is 2.53. The first-order chi connectivity index (χ1) is 13.4. The SMILES string of the molecule is COc1ccccc1N1CC(C(=O)NC(C)CN2CC(C)CC(C)C2)CC1=O. The lowest BCUT2D eigenvalue weighted by Crippen LogP contribution is -2.48. The third-order valence-corrected chi connectivity index (χ3v) is 5.74. The lowest BCUT2D eigenvalue weighted by atomic mass is 9.91. The van der Waals surface area contributed by atoms with E-state index in [9.17, 15) is 9.59 Å². The Morgan fingerprint density at radius 2 is 1.89 bits per heavy atom. The third-order valence-electron chi connectivity index (χ3n) is 5.74. The Balaban J connectivity index is 1.55. The van der Waals surface area contributed by atoms with Gasteiger partial charge in [0.25, 0.3) is 0 Å². The Labute approximate surface area is 168 Å². The van der Waals surface area contributed by atoms with Gasteiger partial charge in [0, 0.05) is 38.6 Å². The molecule has 2 fully saturated rings. The minimum absolute atomic E-state index is 0.0312. The Hall–Kier alpha value is -2.08. The van der Waals surface area contributed by atoms with E-state index < -0.39 is 0 Å². The molecule has 1 N–H and O–H groups in total. The van der Waals surface area contributed by atoms with Gasteiger partial charge in [0.05, 0.1) is 18.7 Å². The molecule has 0 radical (unpaired) electrons. The zero-order chi connectivity index (χ0) is 20.3. The maximum atomic E-state index is 12.8. The number of nitrogens with one attached hydrogen (secondary N) is 1. The van der Waals surface area contributed by atoms with E-state index in [-0.39, 0.29) is 30.2 Å². The fourth-order valence-corrected chi connectivity index (χ4v) is 4.70. The van der Waals surface area contributed by atoms with Gasteiger partial charge < -0.3 is 19.9 Å². The molecule has 6 nitrogen and oxygen atoms in total. The molecule has 28 heavy (non-hydrogen) atoms. The summed E-state index contributed by atoms with van der Waals surface area (Å²) >= 11 is 0. The predicted molar refractivity (Wildman–Crippen MR) is 110 cm³/mol. The smallest absolute Gasteiger partial charge is 0.227 e. The number of likely N-dealkylation sites (tertiary alicyclic amines) is 1. The number of rotatable bonds is 6. The summed E-state index contributed by atoms with van der Waals surface area (Å²) in [5, 5.41) is 3.13. The molecular weight excluding hydrogens is 354 g/mol. The average molecular weight is 388 g/mol. The summed E-state index contributed by atoms with van der Waals surface area (Å²) in [6, 6.07) is 7.51. The van der Waals surface area contributed by atoms with Crippen LogP contribution >= 0.6 is 0 Å². The molecule has 0 saturated carbocycles. The van der Waals surface area contributed by atoms with E-state index in [2.05, 4.69) is 31.0 Å². The summed E-state index contributed by atoms with van der Waals surface area (Å²) in [6.07, 6.45) is 1.52. The molecular formula is C22H33N3O3. The van der Waals surface area contributed by atoms with E-state index in [1.165, 1.54) is 6.42 Å². The van der Waals surface area contributed by atoms with Gasteiger partial charge in [0.15, 0.2) is 0 Å². The quantitative estimate of drug-likeness (QED) is 0.815. The van der Waals surface area contributed by atoms with Crippen LogP contribution in [-0.4, -0.2) is 56.0 Å². The van der Waals surface area contributed by atoms with Crippen molar-refractivity contribution in [2.45, 2.75) is 39.7 Å². The maximum absolute atomic E-state index is 12.8. The van der Waals surface area contributed by atoms with Crippen LogP contribution in [0.2, 0.25) is 0 Å². The molecule has 2 saturated heterocycles. The Morgan fingerprint density at radius 1 is 1.21 bits per heavy atom. The van der Waals surface area contributed by atoms with Gasteiger partial charge in [-0.2, -0.15) is 0 Å². The van der Waals surface area contributed by atoms with Crippen LogP contribution in [0.5, 0.6) is 5.75 Å². The molecule has 2 aliphatic heterocycles. The first kappa shape index (κ1) is 20.6. The lowest BCUT2D eigenvalue weighted by Gasteiger charge is -2.36. The van der Waals surface area contributed by atoms with Crippen molar-refractivity contribution in [3.8, 4) is 5.75 Å². The van der Waals surface area contributed by atoms with Crippen LogP contribution in [-0.2, 0) is 9.59 Å². The maximum Gasteiger partial charge on any atom is 0.227 e. The van der Waals surface area contributed by atoms with Crippen molar-refractivity contribution in [1.29, 1.82) is 0 Å². The number of methoxy groups -OCH3 is 1. The second-order valence-electron chi connectivity index (χ2n) is 8.65. The monoisotopic (exact) mass is 387 g/mol. The van der Waals surface area contributed by atoms with Crippen LogP contribution in [0.1, 0.15) is 33.6 Å². The molecule has 0 aliphatic carbocycles. The zero-order valence-electron chi connectivity index (χ0n) is 17.5. The lowest BCUT2D eigenvalue weighted by molar-refractivity contribution is -0.127. The van der Waals surface area contributed by atoms with Crippen LogP contribution < -0.4 is 15.0 Å². The van der Waals surface area contributed by atoms with Gasteiger partial charge in [-0.25, -0.2) is 0 Å². The fraction of sp³-hybridized carbons (Fsp3) is 0.636. The highest BCUT2D eigenvalue weighted by molar-refractivity contribution is 6.01. The van der Waals surface area contributed by atoms with Gasteiger partial charge in [-0.1, -0.05) is 26.0 Å². The van der Waals surface area contributed by atoms with Gasteiger partial charge in [0.1, 0.15) is 5.75 Å². The van der Waals surface area contributed by atoms with E-state index in [0.717, 1.165) is 25.3 Å². The van der Waals surface area contributed by atoms with Crippen molar-refractivity contribution < 1.29 is 14.3 Å². The molecule has 2 aliphatic rings. The Kier molecular flexibility index (Phi) is 6.60. The number of nitrogens with zero attached hydrogens (tertiary/aromatic N) is 2. The van der Waals surface area contributed by atoms with Crippen LogP contribution in [0.15, 0.2) is 24.3 Å². The van der Waals surface area contributed by atoms with Crippen LogP contribution in [0.3, 0.4) is 0 Å². The van der Waals surface area contributed by atoms with Crippen LogP contribution in [0.25, 0.3) is 0 Å². The molecule has 2 amide bonds. The third kappa shape index (κ3) is 4.85. The molecule has 2 heterocycles. The molecule has 0 bridgehead atoms. The molecule has 3 rings (SSSR count). The van der Waals surface area contributed by atoms with E-state index in [1.54, 1.807) is 12.0 Å². The molecule has 1 aromatic rings. The minimum Gasteiger partial charge on any atom is -0.495 e. The molecule has 0 aromatic heterocycles. The number of para-hydroxylation sites is 2. The van der Waals surface area contributed by atoms with E-state index >= 15 is 0 Å². The van der Waals surface area contributed by atoms with Crippen molar-refractivity contribution in [1.82, 2.24) is 10.2 Å². The largest absolute Gasteiger partial charge is 0.495 e. The average Bonchev–Trinajstić information content (AvgIpc) is 3.02. The van der Waals surface area contributed by atoms with Crippen molar-refractivity contribution in [2.24, 2.45) is 17.8 Å². The zero-order valence-corrected chi connectivity index (χ0v) is 17.5. The first-order valence-electron chi connectivity index (χ1n) is 10.3. The van der Waals surface area contributed by atoms with Gasteiger partial charge >= 0.3 is 0 Å². The molecule has 154 valence electrons. The summed E-state index contributed by atoms with van der Waals surface area (Å²) in [4.78, 5) is 29.4. The number of anilines is 1. The van der Waals surface area contributed by atoms with Gasteiger partial charge in [-0.05, 0) is 37.3 Å². The fourth-order valence-electron chi connectivity index (χ4n) is 4.70. The highest BCUT2D eigenvalue weighted by Crippen LogP contribution is 2.32. The molecule has 6 heteroatoms. The van der Waals surface area contributed by atoms with Crippen LogP contribution in [0, 0.1) is 17.8 Å². The van der Waals surface area contributed by atoms with Gasteiger partial charge in [0.2, 0.25) is 11.8 Å². The number of carbonyl (C=O) groups is 2.